The third-order valence-electron chi connectivity index (χ3n) is 4.19. The Kier molecular flexibility index (Phi) is 4.48. The number of nitrogens with one attached hydrogen (secondary N) is 1. The Bertz CT molecular complexity index is 488. The summed E-state index contributed by atoms with van der Waals surface area (Å²) in [6.07, 6.45) is 8.16. The first-order valence-electron chi connectivity index (χ1n) is 7.31. The molecule has 1 aliphatic carbocycles. The number of rotatable bonds is 3. The highest BCUT2D eigenvalue weighted by atomic mass is 16.1. The molecule has 3 N–H and O–H groups in total. The molecule has 0 bridgehead atoms. The van der Waals surface area contributed by atoms with Crippen molar-refractivity contribution in [2.24, 2.45) is 5.41 Å². The predicted molar refractivity (Wildman–Crippen MR) is 84.1 cm³/mol. The molecule has 20 heavy (non-hydrogen) atoms. The van der Waals surface area contributed by atoms with E-state index in [9.17, 15) is 4.79 Å². The van der Waals surface area contributed by atoms with Gasteiger partial charge in [0, 0.05) is 17.8 Å². The van der Waals surface area contributed by atoms with Crippen LogP contribution in [0.25, 0.3) is 6.08 Å². The molecule has 1 aliphatic rings. The average Bonchev–Trinajstić information content (AvgIpc) is 2.40. The molecule has 108 valence electrons. The fourth-order valence-electron chi connectivity index (χ4n) is 2.76. The predicted octanol–water partition coefficient (Wildman–Crippen LogP) is 3.37. The third kappa shape index (κ3) is 3.86. The maximum atomic E-state index is 12.0. The molecule has 0 heterocycles. The monoisotopic (exact) mass is 272 g/mol. The molecule has 1 saturated carbocycles. The minimum Gasteiger partial charge on any atom is -0.399 e. The van der Waals surface area contributed by atoms with Gasteiger partial charge in [-0.3, -0.25) is 4.79 Å². The zero-order valence-corrected chi connectivity index (χ0v) is 12.4. The van der Waals surface area contributed by atoms with Gasteiger partial charge in [-0.25, -0.2) is 0 Å². The molecule has 0 saturated heterocycles. The van der Waals surface area contributed by atoms with Crippen LogP contribution >= 0.6 is 0 Å². The van der Waals surface area contributed by atoms with Crippen molar-refractivity contribution in [2.75, 3.05) is 5.73 Å². The van der Waals surface area contributed by atoms with E-state index < -0.39 is 0 Å². The number of hydrogen-bond donors (Lipinski definition) is 2. The van der Waals surface area contributed by atoms with E-state index in [4.69, 9.17) is 5.73 Å². The molecule has 0 spiro atoms. The Morgan fingerprint density at radius 3 is 2.65 bits per heavy atom. The summed E-state index contributed by atoms with van der Waals surface area (Å²) in [6.45, 7) is 4.47. The van der Waals surface area contributed by atoms with Gasteiger partial charge in [0.2, 0.25) is 5.91 Å². The van der Waals surface area contributed by atoms with Gasteiger partial charge in [-0.15, -0.1) is 0 Å². The summed E-state index contributed by atoms with van der Waals surface area (Å²) >= 11 is 0. The van der Waals surface area contributed by atoms with E-state index in [1.807, 2.05) is 30.3 Å². The van der Waals surface area contributed by atoms with Crippen LogP contribution in [0.4, 0.5) is 5.69 Å². The normalized spacial score (nSPS) is 21.8. The van der Waals surface area contributed by atoms with Crippen LogP contribution in [0, 0.1) is 5.41 Å². The minimum absolute atomic E-state index is 0.0122. The van der Waals surface area contributed by atoms with Gasteiger partial charge < -0.3 is 11.1 Å². The zero-order chi connectivity index (χ0) is 14.6. The lowest BCUT2D eigenvalue weighted by Gasteiger charge is -2.38. The molecule has 1 aromatic carbocycles. The van der Waals surface area contributed by atoms with Gasteiger partial charge in [-0.1, -0.05) is 38.8 Å². The van der Waals surface area contributed by atoms with Gasteiger partial charge in [-0.05, 0) is 42.0 Å². The van der Waals surface area contributed by atoms with Crippen molar-refractivity contribution in [3.63, 3.8) is 0 Å². The van der Waals surface area contributed by atoms with Crippen LogP contribution in [0.2, 0.25) is 0 Å². The quantitative estimate of drug-likeness (QED) is 0.655. The Hall–Kier alpha value is -1.77. The molecule has 1 atom stereocenters. The fourth-order valence-corrected chi connectivity index (χ4v) is 2.76. The summed E-state index contributed by atoms with van der Waals surface area (Å²) in [7, 11) is 0. The van der Waals surface area contributed by atoms with Crippen molar-refractivity contribution in [1.29, 1.82) is 0 Å². The maximum Gasteiger partial charge on any atom is 0.244 e. The topological polar surface area (TPSA) is 55.1 Å². The molecular weight excluding hydrogens is 248 g/mol. The number of amides is 1. The summed E-state index contributed by atoms with van der Waals surface area (Å²) in [5.74, 6) is -0.0122. The molecule has 0 radical (unpaired) electrons. The summed E-state index contributed by atoms with van der Waals surface area (Å²) in [5, 5.41) is 3.14. The van der Waals surface area contributed by atoms with Crippen LogP contribution < -0.4 is 11.1 Å². The van der Waals surface area contributed by atoms with Gasteiger partial charge in [0.05, 0.1) is 0 Å². The molecule has 1 aromatic rings. The van der Waals surface area contributed by atoms with E-state index in [0.29, 0.717) is 0 Å². The molecule has 0 aliphatic heterocycles. The fraction of sp³-hybridized carbons (Fsp3) is 0.471. The number of benzene rings is 1. The first-order chi connectivity index (χ1) is 9.47. The Labute approximate surface area is 121 Å². The number of hydrogen-bond acceptors (Lipinski definition) is 2. The molecule has 1 fully saturated rings. The second-order valence-corrected chi connectivity index (χ2v) is 6.30. The van der Waals surface area contributed by atoms with Crippen LogP contribution in [0.1, 0.15) is 45.1 Å². The van der Waals surface area contributed by atoms with Gasteiger partial charge in [0.1, 0.15) is 0 Å². The SMILES string of the molecule is CC1(C)CCCCC1NC(=O)/C=C/c1ccc(N)cc1. The molecule has 0 aromatic heterocycles. The Morgan fingerprint density at radius 1 is 1.30 bits per heavy atom. The van der Waals surface area contributed by atoms with Crippen LogP contribution in [0.15, 0.2) is 30.3 Å². The van der Waals surface area contributed by atoms with Crippen LogP contribution in [0.3, 0.4) is 0 Å². The highest BCUT2D eigenvalue weighted by Crippen LogP contribution is 2.35. The van der Waals surface area contributed by atoms with Gasteiger partial charge >= 0.3 is 0 Å². The number of anilines is 1. The average molecular weight is 272 g/mol. The van der Waals surface area contributed by atoms with Crippen LogP contribution in [0.5, 0.6) is 0 Å². The molecule has 3 heteroatoms. The summed E-state index contributed by atoms with van der Waals surface area (Å²) < 4.78 is 0. The number of carbonyl (C=O) groups excluding carboxylic acids is 1. The van der Waals surface area contributed by atoms with Crippen molar-refractivity contribution in [3.05, 3.63) is 35.9 Å². The van der Waals surface area contributed by atoms with Crippen molar-refractivity contribution in [2.45, 2.75) is 45.6 Å². The van der Waals surface area contributed by atoms with E-state index >= 15 is 0 Å². The summed E-state index contributed by atoms with van der Waals surface area (Å²) in [6, 6.07) is 7.76. The second kappa shape index (κ2) is 6.12. The number of nitrogens with two attached hydrogens (primary N) is 1. The van der Waals surface area contributed by atoms with E-state index in [1.54, 1.807) is 6.08 Å². The lowest BCUT2D eigenvalue weighted by molar-refractivity contribution is -0.118. The first-order valence-corrected chi connectivity index (χ1v) is 7.31. The van der Waals surface area contributed by atoms with Crippen molar-refractivity contribution in [3.8, 4) is 0 Å². The molecule has 2 rings (SSSR count). The number of nitrogen functional groups attached to an aromatic ring is 1. The van der Waals surface area contributed by atoms with Crippen molar-refractivity contribution >= 4 is 17.7 Å². The molecule has 1 amide bonds. The van der Waals surface area contributed by atoms with Gasteiger partial charge in [-0.2, -0.15) is 0 Å². The van der Waals surface area contributed by atoms with Crippen LogP contribution in [-0.2, 0) is 4.79 Å². The standard InChI is InChI=1S/C17H24N2O/c1-17(2)12-4-3-5-15(17)19-16(20)11-8-13-6-9-14(18)10-7-13/h6-11,15H,3-5,12,18H2,1-2H3,(H,19,20)/b11-8+. The number of carbonyl (C=O) groups is 1. The molecule has 1 unspecified atom stereocenters. The van der Waals surface area contributed by atoms with Gasteiger partial charge in [0.25, 0.3) is 0 Å². The third-order valence-corrected chi connectivity index (χ3v) is 4.19. The van der Waals surface area contributed by atoms with Gasteiger partial charge in [0.15, 0.2) is 0 Å². The summed E-state index contributed by atoms with van der Waals surface area (Å²) in [5.41, 5.74) is 7.55. The second-order valence-electron chi connectivity index (χ2n) is 6.30. The lowest BCUT2D eigenvalue weighted by Crippen LogP contribution is -2.46. The Morgan fingerprint density at radius 2 is 2.00 bits per heavy atom. The van der Waals surface area contributed by atoms with E-state index in [-0.39, 0.29) is 17.4 Å². The van der Waals surface area contributed by atoms with E-state index in [0.717, 1.165) is 17.7 Å². The molecule has 3 nitrogen and oxygen atoms in total. The Balaban J connectivity index is 1.93. The first kappa shape index (κ1) is 14.6. The maximum absolute atomic E-state index is 12.0. The highest BCUT2D eigenvalue weighted by molar-refractivity contribution is 5.92. The molecular formula is C17H24N2O. The summed E-state index contributed by atoms with van der Waals surface area (Å²) in [4.78, 5) is 12.0. The van der Waals surface area contributed by atoms with Crippen molar-refractivity contribution < 1.29 is 4.79 Å². The van der Waals surface area contributed by atoms with Crippen molar-refractivity contribution in [1.82, 2.24) is 5.32 Å². The van der Waals surface area contributed by atoms with E-state index in [2.05, 4.69) is 19.2 Å². The largest absolute Gasteiger partial charge is 0.399 e. The highest BCUT2D eigenvalue weighted by Gasteiger charge is 2.32. The zero-order valence-electron chi connectivity index (χ0n) is 12.4. The smallest absolute Gasteiger partial charge is 0.244 e. The minimum atomic E-state index is -0.0122. The lowest BCUT2D eigenvalue weighted by atomic mass is 9.73. The van der Waals surface area contributed by atoms with E-state index in [1.165, 1.54) is 19.3 Å². The van der Waals surface area contributed by atoms with Crippen LogP contribution in [-0.4, -0.2) is 11.9 Å².